The van der Waals surface area contributed by atoms with Crippen molar-refractivity contribution in [2.45, 2.75) is 32.7 Å². The van der Waals surface area contributed by atoms with Crippen molar-refractivity contribution in [1.29, 1.82) is 0 Å². The van der Waals surface area contributed by atoms with E-state index in [2.05, 4.69) is 4.90 Å². The molecule has 0 atom stereocenters. The number of hydrogen-bond donors (Lipinski definition) is 1. The van der Waals surface area contributed by atoms with E-state index in [1.54, 1.807) is 19.3 Å². The molecule has 0 saturated carbocycles. The number of aromatic hydroxyl groups is 1. The first-order chi connectivity index (χ1) is 13.6. The number of para-hydroxylation sites is 1. The summed E-state index contributed by atoms with van der Waals surface area (Å²) in [6.07, 6.45) is 5.28. The molecule has 0 bridgehead atoms. The lowest BCUT2D eigenvalue weighted by molar-refractivity contribution is 0.101. The summed E-state index contributed by atoms with van der Waals surface area (Å²) < 4.78 is 11.4. The Morgan fingerprint density at radius 2 is 1.96 bits per heavy atom. The van der Waals surface area contributed by atoms with Crippen LogP contribution in [0, 0.1) is 6.92 Å². The molecule has 1 fully saturated rings. The number of phenols is 1. The number of allylic oxidation sites excluding steroid dienone is 1. The van der Waals surface area contributed by atoms with E-state index >= 15 is 0 Å². The van der Waals surface area contributed by atoms with Gasteiger partial charge in [-0.2, -0.15) is 0 Å². The molecule has 0 aliphatic carbocycles. The van der Waals surface area contributed by atoms with Crippen LogP contribution >= 0.6 is 0 Å². The van der Waals surface area contributed by atoms with Gasteiger partial charge in [0.15, 0.2) is 5.76 Å². The Morgan fingerprint density at radius 3 is 2.71 bits per heavy atom. The fourth-order valence-electron chi connectivity index (χ4n) is 4.00. The zero-order valence-electron chi connectivity index (χ0n) is 16.3. The van der Waals surface area contributed by atoms with Crippen LogP contribution in [0.3, 0.4) is 0 Å². The first-order valence-electron chi connectivity index (χ1n) is 9.73. The number of fused-ring (bicyclic) bond motifs is 1. The lowest BCUT2D eigenvalue weighted by Crippen LogP contribution is -2.29. The molecule has 146 valence electrons. The van der Waals surface area contributed by atoms with Crippen LogP contribution in [0.15, 0.2) is 36.1 Å². The number of ether oxygens (including phenoxy) is 2. The summed E-state index contributed by atoms with van der Waals surface area (Å²) in [5.74, 6) is 1.46. The van der Waals surface area contributed by atoms with Gasteiger partial charge in [-0.05, 0) is 56.6 Å². The van der Waals surface area contributed by atoms with Crippen molar-refractivity contribution >= 4 is 11.9 Å². The Bertz CT molecular complexity index is 942. The van der Waals surface area contributed by atoms with E-state index in [0.717, 1.165) is 37.1 Å². The van der Waals surface area contributed by atoms with Crippen LogP contribution in [0.25, 0.3) is 6.08 Å². The number of nitrogens with zero attached hydrogens (tertiary/aromatic N) is 1. The van der Waals surface area contributed by atoms with Gasteiger partial charge in [-0.1, -0.05) is 24.6 Å². The minimum Gasteiger partial charge on any atom is -0.507 e. The van der Waals surface area contributed by atoms with E-state index in [1.165, 1.54) is 6.42 Å². The predicted molar refractivity (Wildman–Crippen MR) is 108 cm³/mol. The molecule has 2 aromatic carbocycles. The molecular formula is C23H25NO4. The SMILES string of the molecule is COc1ccccc1/C=C1\Oc2c(CN3CCCCC3)c(O)cc(C)c2C1=O. The van der Waals surface area contributed by atoms with Gasteiger partial charge in [0, 0.05) is 12.1 Å². The third-order valence-corrected chi connectivity index (χ3v) is 5.48. The second kappa shape index (κ2) is 7.68. The summed E-state index contributed by atoms with van der Waals surface area (Å²) in [6, 6.07) is 9.17. The number of Topliss-reactive ketones (excluding diaryl/α,β-unsaturated/α-hetero) is 1. The molecule has 2 aliphatic rings. The summed E-state index contributed by atoms with van der Waals surface area (Å²) in [5, 5.41) is 10.6. The number of carbonyl (C=O) groups is 1. The summed E-state index contributed by atoms with van der Waals surface area (Å²) >= 11 is 0. The first-order valence-corrected chi connectivity index (χ1v) is 9.73. The van der Waals surface area contributed by atoms with Gasteiger partial charge in [0.1, 0.15) is 17.2 Å². The third-order valence-electron chi connectivity index (χ3n) is 5.48. The largest absolute Gasteiger partial charge is 0.507 e. The quantitative estimate of drug-likeness (QED) is 0.802. The molecule has 28 heavy (non-hydrogen) atoms. The van der Waals surface area contributed by atoms with Crippen molar-refractivity contribution in [2.75, 3.05) is 20.2 Å². The number of carbonyl (C=O) groups excluding carboxylic acids is 1. The molecule has 1 saturated heterocycles. The third kappa shape index (κ3) is 3.38. The number of ketones is 1. The highest BCUT2D eigenvalue weighted by atomic mass is 16.5. The number of aryl methyl sites for hydroxylation is 1. The Balaban J connectivity index is 1.72. The van der Waals surface area contributed by atoms with Gasteiger partial charge in [0.2, 0.25) is 5.78 Å². The maximum atomic E-state index is 13.0. The van der Waals surface area contributed by atoms with Crippen molar-refractivity contribution < 1.29 is 19.4 Å². The molecule has 5 heteroatoms. The van der Waals surface area contributed by atoms with Crippen molar-refractivity contribution in [1.82, 2.24) is 4.90 Å². The molecule has 4 rings (SSSR count). The zero-order chi connectivity index (χ0) is 19.7. The van der Waals surface area contributed by atoms with E-state index < -0.39 is 0 Å². The fraction of sp³-hybridized carbons (Fsp3) is 0.348. The number of hydrogen-bond acceptors (Lipinski definition) is 5. The molecule has 5 nitrogen and oxygen atoms in total. The number of benzene rings is 2. The van der Waals surface area contributed by atoms with E-state index in [0.29, 0.717) is 29.2 Å². The predicted octanol–water partition coefficient (Wildman–Crippen LogP) is 4.31. The van der Waals surface area contributed by atoms with Crippen LogP contribution in [0.4, 0.5) is 0 Å². The van der Waals surface area contributed by atoms with Gasteiger partial charge in [0.25, 0.3) is 0 Å². The second-order valence-electron chi connectivity index (χ2n) is 7.41. The molecule has 0 aromatic heterocycles. The summed E-state index contributed by atoms with van der Waals surface area (Å²) in [6.45, 7) is 4.42. The van der Waals surface area contributed by atoms with Gasteiger partial charge in [0.05, 0.1) is 18.2 Å². The van der Waals surface area contributed by atoms with E-state index in [4.69, 9.17) is 9.47 Å². The molecule has 1 N–H and O–H groups in total. The highest BCUT2D eigenvalue weighted by Crippen LogP contribution is 2.42. The summed E-state index contributed by atoms with van der Waals surface area (Å²) in [5.41, 5.74) is 2.74. The van der Waals surface area contributed by atoms with Crippen molar-refractivity contribution in [3.8, 4) is 17.2 Å². The van der Waals surface area contributed by atoms with Crippen LogP contribution in [0.1, 0.15) is 46.3 Å². The summed E-state index contributed by atoms with van der Waals surface area (Å²) in [7, 11) is 1.60. The maximum Gasteiger partial charge on any atom is 0.232 e. The number of rotatable bonds is 4. The zero-order valence-corrected chi connectivity index (χ0v) is 16.3. The lowest BCUT2D eigenvalue weighted by Gasteiger charge is -2.27. The highest BCUT2D eigenvalue weighted by molar-refractivity contribution is 6.16. The number of methoxy groups -OCH3 is 1. The van der Waals surface area contributed by atoms with Gasteiger partial charge in [-0.25, -0.2) is 0 Å². The van der Waals surface area contributed by atoms with E-state index in [-0.39, 0.29) is 17.3 Å². The minimum absolute atomic E-state index is 0.154. The number of phenolic OH excluding ortho intramolecular Hbond substituents is 1. The first kappa shape index (κ1) is 18.6. The Morgan fingerprint density at radius 1 is 1.21 bits per heavy atom. The van der Waals surface area contributed by atoms with Crippen LogP contribution in [0.5, 0.6) is 17.2 Å². The van der Waals surface area contributed by atoms with Crippen molar-refractivity contribution in [3.63, 3.8) is 0 Å². The second-order valence-corrected chi connectivity index (χ2v) is 7.41. The molecule has 0 spiro atoms. The Hall–Kier alpha value is -2.79. The standard InChI is InChI=1S/C23H25NO4/c1-15-12-18(25)17(14-24-10-6-3-7-11-24)23-21(15)22(26)20(28-23)13-16-8-4-5-9-19(16)27-2/h4-5,8-9,12-13,25H,3,6-7,10-11,14H2,1-2H3/b20-13-. The summed E-state index contributed by atoms with van der Waals surface area (Å²) in [4.78, 5) is 15.4. The molecular weight excluding hydrogens is 354 g/mol. The normalized spacial score (nSPS) is 18.2. The average molecular weight is 379 g/mol. The molecule has 2 aromatic rings. The molecule has 0 amide bonds. The molecule has 2 aliphatic heterocycles. The van der Waals surface area contributed by atoms with Crippen LogP contribution in [-0.2, 0) is 6.54 Å². The highest BCUT2D eigenvalue weighted by Gasteiger charge is 2.34. The topological polar surface area (TPSA) is 59.0 Å². The smallest absolute Gasteiger partial charge is 0.232 e. The van der Waals surface area contributed by atoms with Crippen molar-refractivity contribution in [3.05, 3.63) is 58.3 Å². The van der Waals surface area contributed by atoms with Crippen molar-refractivity contribution in [2.24, 2.45) is 0 Å². The van der Waals surface area contributed by atoms with E-state index in [9.17, 15) is 9.90 Å². The van der Waals surface area contributed by atoms with Crippen LogP contribution in [0.2, 0.25) is 0 Å². The van der Waals surface area contributed by atoms with Crippen LogP contribution in [-0.4, -0.2) is 36.0 Å². The molecule has 2 heterocycles. The Labute approximate surface area is 165 Å². The monoisotopic (exact) mass is 379 g/mol. The van der Waals surface area contributed by atoms with Gasteiger partial charge >= 0.3 is 0 Å². The lowest BCUT2D eigenvalue weighted by atomic mass is 9.98. The average Bonchev–Trinajstić information content (AvgIpc) is 3.03. The van der Waals surface area contributed by atoms with E-state index in [1.807, 2.05) is 31.2 Å². The molecule has 0 unspecified atom stereocenters. The van der Waals surface area contributed by atoms with Gasteiger partial charge < -0.3 is 14.6 Å². The van der Waals surface area contributed by atoms with Crippen LogP contribution < -0.4 is 9.47 Å². The molecule has 0 radical (unpaired) electrons. The maximum absolute atomic E-state index is 13.0. The van der Waals surface area contributed by atoms with Gasteiger partial charge in [-0.3, -0.25) is 9.69 Å². The Kier molecular flexibility index (Phi) is 5.09. The number of piperidine rings is 1. The van der Waals surface area contributed by atoms with Gasteiger partial charge in [-0.15, -0.1) is 0 Å². The number of likely N-dealkylation sites (tertiary alicyclic amines) is 1. The fourth-order valence-corrected chi connectivity index (χ4v) is 4.00. The minimum atomic E-state index is -0.154.